The lowest BCUT2D eigenvalue weighted by Crippen LogP contribution is -2.20. The predicted molar refractivity (Wildman–Crippen MR) is 106 cm³/mol. The Morgan fingerprint density at radius 2 is 2.11 bits per heavy atom. The van der Waals surface area contributed by atoms with Gasteiger partial charge in [-0.2, -0.15) is 0 Å². The molecule has 0 bridgehead atoms. The van der Waals surface area contributed by atoms with Gasteiger partial charge in [0.15, 0.2) is 0 Å². The van der Waals surface area contributed by atoms with Crippen molar-refractivity contribution in [1.29, 1.82) is 0 Å². The van der Waals surface area contributed by atoms with Crippen LogP contribution < -0.4 is 10.1 Å². The molecule has 1 aliphatic carbocycles. The zero-order chi connectivity index (χ0) is 19.9. The van der Waals surface area contributed by atoms with Gasteiger partial charge in [0.05, 0.1) is 4.92 Å². The van der Waals surface area contributed by atoms with Crippen LogP contribution in [0.3, 0.4) is 0 Å². The van der Waals surface area contributed by atoms with Crippen molar-refractivity contribution in [2.45, 2.75) is 38.3 Å². The first-order valence-electron chi connectivity index (χ1n) is 9.03. The summed E-state index contributed by atoms with van der Waals surface area (Å²) in [4.78, 5) is 26.6. The number of nitro benzene ring substituents is 1. The third kappa shape index (κ3) is 5.53. The molecule has 1 fully saturated rings. The van der Waals surface area contributed by atoms with E-state index < -0.39 is 4.92 Å². The summed E-state index contributed by atoms with van der Waals surface area (Å²) >= 11 is 5.78. The van der Waals surface area contributed by atoms with Gasteiger partial charge in [0.2, 0.25) is 11.8 Å². The summed E-state index contributed by atoms with van der Waals surface area (Å²) in [6, 6.07) is 8.00. The number of aromatic nitrogens is 1. The third-order valence-corrected chi connectivity index (χ3v) is 4.77. The molecule has 1 aliphatic rings. The van der Waals surface area contributed by atoms with E-state index in [0.29, 0.717) is 18.0 Å². The number of hydrogen-bond acceptors (Lipinski definition) is 5. The second-order valence-electron chi connectivity index (χ2n) is 6.55. The number of ether oxygens (including phenoxy) is 1. The molecule has 0 aliphatic heterocycles. The van der Waals surface area contributed by atoms with Crippen LogP contribution in [0.5, 0.6) is 5.88 Å². The number of pyridine rings is 1. The van der Waals surface area contributed by atoms with Crippen molar-refractivity contribution < 1.29 is 14.5 Å². The first-order chi connectivity index (χ1) is 13.5. The van der Waals surface area contributed by atoms with Gasteiger partial charge in [-0.25, -0.2) is 4.98 Å². The number of nitrogens with one attached hydrogen (secondary N) is 1. The fourth-order valence-corrected chi connectivity index (χ4v) is 3.18. The first-order valence-corrected chi connectivity index (χ1v) is 9.40. The highest BCUT2D eigenvalue weighted by Gasteiger charge is 2.17. The van der Waals surface area contributed by atoms with Gasteiger partial charge >= 0.3 is 0 Å². The maximum Gasteiger partial charge on any atom is 0.288 e. The van der Waals surface area contributed by atoms with Crippen LogP contribution >= 0.6 is 11.6 Å². The lowest BCUT2D eigenvalue weighted by atomic mass is 10.2. The molecule has 0 atom stereocenters. The minimum Gasteiger partial charge on any atom is -0.474 e. The van der Waals surface area contributed by atoms with E-state index in [1.54, 1.807) is 12.3 Å². The normalized spacial score (nSPS) is 14.3. The summed E-state index contributed by atoms with van der Waals surface area (Å²) in [5.74, 6) is 0.260. The second-order valence-corrected chi connectivity index (χ2v) is 6.95. The Balaban J connectivity index is 1.55. The van der Waals surface area contributed by atoms with Gasteiger partial charge in [-0.05, 0) is 55.0 Å². The van der Waals surface area contributed by atoms with Crippen molar-refractivity contribution >= 4 is 29.3 Å². The fourth-order valence-electron chi connectivity index (χ4n) is 3.00. The summed E-state index contributed by atoms with van der Waals surface area (Å²) in [7, 11) is 0. The van der Waals surface area contributed by atoms with Crippen LogP contribution in [-0.2, 0) is 11.3 Å². The molecule has 3 rings (SSSR count). The maximum absolute atomic E-state index is 12.0. The molecule has 0 saturated heterocycles. The van der Waals surface area contributed by atoms with E-state index in [4.69, 9.17) is 16.3 Å². The maximum atomic E-state index is 12.0. The number of carbonyl (C=O) groups is 1. The molecule has 0 spiro atoms. The zero-order valence-electron chi connectivity index (χ0n) is 15.1. The number of amides is 1. The summed E-state index contributed by atoms with van der Waals surface area (Å²) in [5.41, 5.74) is 1.20. The molecule has 0 unspecified atom stereocenters. The Labute approximate surface area is 167 Å². The molecule has 1 amide bonds. The van der Waals surface area contributed by atoms with Gasteiger partial charge in [-0.3, -0.25) is 14.9 Å². The van der Waals surface area contributed by atoms with Gasteiger partial charge in [0, 0.05) is 31.0 Å². The monoisotopic (exact) mass is 401 g/mol. The highest BCUT2D eigenvalue weighted by atomic mass is 35.5. The number of rotatable bonds is 7. The van der Waals surface area contributed by atoms with E-state index in [1.807, 2.05) is 12.1 Å². The van der Waals surface area contributed by atoms with Crippen LogP contribution in [-0.4, -0.2) is 21.9 Å². The van der Waals surface area contributed by atoms with E-state index >= 15 is 0 Å². The Morgan fingerprint density at radius 1 is 1.32 bits per heavy atom. The molecule has 1 aromatic heterocycles. The van der Waals surface area contributed by atoms with Crippen LogP contribution in [0.2, 0.25) is 5.02 Å². The molecule has 1 heterocycles. The molecular formula is C20H20ClN3O4. The summed E-state index contributed by atoms with van der Waals surface area (Å²) in [5, 5.41) is 13.7. The number of hydrogen-bond donors (Lipinski definition) is 1. The quantitative estimate of drug-likeness (QED) is 0.424. The standard InChI is InChI=1S/C20H20ClN3O4/c21-17-7-5-14(11-18(17)24(26)27)6-8-19(25)23-13-15-9-10-22-20(12-15)28-16-3-1-2-4-16/h5-12,16H,1-4,13H2,(H,23,25)/b8-6+. The van der Waals surface area contributed by atoms with Gasteiger partial charge < -0.3 is 10.1 Å². The number of nitro groups is 1. The molecule has 0 radical (unpaired) electrons. The number of nitrogens with zero attached hydrogens (tertiary/aromatic N) is 2. The molecule has 8 heteroatoms. The van der Waals surface area contributed by atoms with Crippen molar-refractivity contribution in [3.05, 3.63) is 68.9 Å². The van der Waals surface area contributed by atoms with Crippen LogP contribution in [0, 0.1) is 10.1 Å². The second kappa shape index (κ2) is 9.32. The average molecular weight is 402 g/mol. The number of benzene rings is 1. The van der Waals surface area contributed by atoms with Gasteiger partial charge in [-0.15, -0.1) is 0 Å². The van der Waals surface area contributed by atoms with Crippen LogP contribution in [0.25, 0.3) is 6.08 Å². The molecule has 1 aromatic carbocycles. The van der Waals surface area contributed by atoms with Crippen molar-refractivity contribution in [3.8, 4) is 5.88 Å². The van der Waals surface area contributed by atoms with Crippen molar-refractivity contribution in [2.24, 2.45) is 0 Å². The van der Waals surface area contributed by atoms with Crippen LogP contribution in [0.1, 0.15) is 36.8 Å². The van der Waals surface area contributed by atoms with Crippen LogP contribution in [0.15, 0.2) is 42.6 Å². The SMILES string of the molecule is O=C(/C=C/c1ccc(Cl)c([N+](=O)[O-])c1)NCc1ccnc(OC2CCCC2)c1. The fraction of sp³-hybridized carbons (Fsp3) is 0.300. The zero-order valence-corrected chi connectivity index (χ0v) is 15.9. The largest absolute Gasteiger partial charge is 0.474 e. The molecule has 146 valence electrons. The third-order valence-electron chi connectivity index (χ3n) is 4.45. The minimum atomic E-state index is -0.561. The van der Waals surface area contributed by atoms with E-state index in [0.717, 1.165) is 18.4 Å². The number of halogens is 1. The summed E-state index contributed by atoms with van der Waals surface area (Å²) in [6.07, 6.45) is 9.18. The van der Waals surface area contributed by atoms with Crippen LogP contribution in [0.4, 0.5) is 5.69 Å². The van der Waals surface area contributed by atoms with Gasteiger partial charge in [0.1, 0.15) is 11.1 Å². The Kier molecular flexibility index (Phi) is 6.60. The van der Waals surface area contributed by atoms with E-state index in [-0.39, 0.29) is 22.7 Å². The minimum absolute atomic E-state index is 0.0555. The predicted octanol–water partition coefficient (Wildman–Crippen LogP) is 4.29. The molecular weight excluding hydrogens is 382 g/mol. The van der Waals surface area contributed by atoms with Gasteiger partial charge in [0.25, 0.3) is 5.69 Å². The Hall–Kier alpha value is -2.93. The van der Waals surface area contributed by atoms with E-state index in [9.17, 15) is 14.9 Å². The molecule has 28 heavy (non-hydrogen) atoms. The first kappa shape index (κ1) is 19.8. The summed E-state index contributed by atoms with van der Waals surface area (Å²) in [6.45, 7) is 0.327. The smallest absolute Gasteiger partial charge is 0.288 e. The Bertz CT molecular complexity index is 895. The topological polar surface area (TPSA) is 94.4 Å². The Morgan fingerprint density at radius 3 is 2.86 bits per heavy atom. The lowest BCUT2D eigenvalue weighted by Gasteiger charge is -2.12. The lowest BCUT2D eigenvalue weighted by molar-refractivity contribution is -0.384. The average Bonchev–Trinajstić information content (AvgIpc) is 3.19. The van der Waals surface area contributed by atoms with Gasteiger partial charge in [-0.1, -0.05) is 17.7 Å². The highest BCUT2D eigenvalue weighted by Crippen LogP contribution is 2.25. The number of carbonyl (C=O) groups excluding carboxylic acids is 1. The van der Waals surface area contributed by atoms with Crippen molar-refractivity contribution in [2.75, 3.05) is 0 Å². The molecule has 2 aromatic rings. The highest BCUT2D eigenvalue weighted by molar-refractivity contribution is 6.32. The van der Waals surface area contributed by atoms with Crippen molar-refractivity contribution in [3.63, 3.8) is 0 Å². The van der Waals surface area contributed by atoms with E-state index in [2.05, 4.69) is 10.3 Å². The molecule has 7 nitrogen and oxygen atoms in total. The van der Waals surface area contributed by atoms with Crippen molar-refractivity contribution in [1.82, 2.24) is 10.3 Å². The summed E-state index contributed by atoms with van der Waals surface area (Å²) < 4.78 is 5.86. The molecule has 1 N–H and O–H groups in total. The van der Waals surface area contributed by atoms with E-state index in [1.165, 1.54) is 37.1 Å². The molecule has 1 saturated carbocycles.